The van der Waals surface area contributed by atoms with Crippen LogP contribution in [-0.2, 0) is 9.53 Å². The molecule has 0 aromatic rings. The van der Waals surface area contributed by atoms with Crippen molar-refractivity contribution in [1.82, 2.24) is 10.6 Å². The fourth-order valence-corrected chi connectivity index (χ4v) is 1.14. The van der Waals surface area contributed by atoms with Gasteiger partial charge in [-0.25, -0.2) is 4.79 Å². The van der Waals surface area contributed by atoms with Crippen LogP contribution in [0.1, 0.15) is 40.5 Å². The van der Waals surface area contributed by atoms with Crippen molar-refractivity contribution >= 4 is 12.0 Å². The van der Waals surface area contributed by atoms with Crippen molar-refractivity contribution in [3.8, 4) is 0 Å². The van der Waals surface area contributed by atoms with Crippen LogP contribution in [0.4, 0.5) is 4.79 Å². The highest BCUT2D eigenvalue weighted by Crippen LogP contribution is 2.01. The number of rotatable bonds is 4. The van der Waals surface area contributed by atoms with Gasteiger partial charge in [-0.1, -0.05) is 6.92 Å². The largest absolute Gasteiger partial charge is 0.469 e. The first-order valence-corrected chi connectivity index (χ1v) is 5.44. The Hall–Kier alpha value is -1.26. The Balaban J connectivity index is 4.12. The second kappa shape index (κ2) is 6.35. The van der Waals surface area contributed by atoms with Gasteiger partial charge in [-0.05, 0) is 27.2 Å². The Morgan fingerprint density at radius 1 is 1.31 bits per heavy atom. The zero-order chi connectivity index (χ0) is 12.8. The minimum absolute atomic E-state index is 0.185. The Bertz CT molecular complexity index is 246. The number of esters is 1. The number of methoxy groups -OCH3 is 1. The van der Waals surface area contributed by atoms with Gasteiger partial charge in [-0.15, -0.1) is 0 Å². The second-order valence-electron chi connectivity index (χ2n) is 4.73. The Labute approximate surface area is 96.9 Å². The first-order valence-electron chi connectivity index (χ1n) is 5.44. The molecular weight excluding hydrogens is 208 g/mol. The van der Waals surface area contributed by atoms with E-state index >= 15 is 0 Å². The minimum atomic E-state index is -0.317. The molecule has 0 aliphatic heterocycles. The number of hydrogen-bond donors (Lipinski definition) is 2. The monoisotopic (exact) mass is 230 g/mol. The van der Waals surface area contributed by atoms with E-state index in [-0.39, 0.29) is 30.0 Å². The fourth-order valence-electron chi connectivity index (χ4n) is 1.14. The van der Waals surface area contributed by atoms with E-state index in [1.54, 1.807) is 0 Å². The fraction of sp³-hybridized carbons (Fsp3) is 0.818. The van der Waals surface area contributed by atoms with Crippen molar-refractivity contribution in [3.63, 3.8) is 0 Å². The lowest BCUT2D eigenvalue weighted by Crippen LogP contribution is -2.49. The van der Waals surface area contributed by atoms with E-state index in [2.05, 4.69) is 15.4 Å². The number of ether oxygens (including phenoxy) is 1. The van der Waals surface area contributed by atoms with Crippen LogP contribution in [0.5, 0.6) is 0 Å². The summed E-state index contributed by atoms with van der Waals surface area (Å²) in [5.41, 5.74) is -0.284. The van der Waals surface area contributed by atoms with Crippen LogP contribution in [0.2, 0.25) is 0 Å². The maximum Gasteiger partial charge on any atom is 0.315 e. The van der Waals surface area contributed by atoms with Crippen molar-refractivity contribution in [2.75, 3.05) is 7.11 Å². The van der Waals surface area contributed by atoms with Crippen LogP contribution < -0.4 is 10.6 Å². The van der Waals surface area contributed by atoms with Crippen LogP contribution in [0.15, 0.2) is 0 Å². The number of carbonyl (C=O) groups excluding carboxylic acids is 2. The van der Waals surface area contributed by atoms with E-state index in [1.807, 2.05) is 27.7 Å². The summed E-state index contributed by atoms with van der Waals surface area (Å²) in [4.78, 5) is 22.6. The van der Waals surface area contributed by atoms with Gasteiger partial charge in [0.15, 0.2) is 0 Å². The molecule has 2 amide bonds. The topological polar surface area (TPSA) is 67.4 Å². The first-order chi connectivity index (χ1) is 7.28. The highest BCUT2D eigenvalue weighted by atomic mass is 16.5. The summed E-state index contributed by atoms with van der Waals surface area (Å²) in [5, 5.41) is 5.51. The predicted octanol–water partition coefficient (Wildman–Crippen LogP) is 1.43. The molecule has 0 rings (SSSR count). The molecular formula is C11H22N2O3. The normalized spacial score (nSPS) is 12.8. The number of urea groups is 1. The SMILES string of the molecule is CCC(CC(=O)OC)NC(=O)NC(C)(C)C. The standard InChI is InChI=1S/C11H22N2O3/c1-6-8(7-9(14)16-5)12-10(15)13-11(2,3)4/h8H,6-7H2,1-5H3,(H2,12,13,15). The molecule has 0 saturated heterocycles. The highest BCUT2D eigenvalue weighted by Gasteiger charge is 2.18. The maximum absolute atomic E-state index is 11.5. The Morgan fingerprint density at radius 2 is 1.88 bits per heavy atom. The zero-order valence-electron chi connectivity index (χ0n) is 10.7. The van der Waals surface area contributed by atoms with E-state index in [4.69, 9.17) is 0 Å². The molecule has 0 aromatic heterocycles. The highest BCUT2D eigenvalue weighted by molar-refractivity contribution is 5.76. The average Bonchev–Trinajstić information content (AvgIpc) is 2.13. The molecule has 0 heterocycles. The lowest BCUT2D eigenvalue weighted by atomic mass is 10.1. The molecule has 0 aliphatic carbocycles. The molecule has 0 spiro atoms. The van der Waals surface area contributed by atoms with Gasteiger partial charge in [-0.3, -0.25) is 4.79 Å². The van der Waals surface area contributed by atoms with E-state index in [9.17, 15) is 9.59 Å². The molecule has 1 unspecified atom stereocenters. The molecule has 0 saturated carbocycles. The molecule has 5 heteroatoms. The molecule has 94 valence electrons. The molecule has 5 nitrogen and oxygen atoms in total. The van der Waals surface area contributed by atoms with Crippen molar-refractivity contribution < 1.29 is 14.3 Å². The van der Waals surface area contributed by atoms with Crippen LogP contribution in [-0.4, -0.2) is 30.7 Å². The van der Waals surface area contributed by atoms with Crippen LogP contribution in [0.3, 0.4) is 0 Å². The second-order valence-corrected chi connectivity index (χ2v) is 4.73. The van der Waals surface area contributed by atoms with Crippen molar-refractivity contribution in [3.05, 3.63) is 0 Å². The third kappa shape index (κ3) is 7.09. The van der Waals surface area contributed by atoms with Gasteiger partial charge in [0, 0.05) is 11.6 Å². The predicted molar refractivity (Wildman–Crippen MR) is 62.1 cm³/mol. The van der Waals surface area contributed by atoms with Gasteiger partial charge >= 0.3 is 12.0 Å². The van der Waals surface area contributed by atoms with E-state index < -0.39 is 0 Å². The molecule has 0 aromatic carbocycles. The van der Waals surface area contributed by atoms with E-state index in [0.29, 0.717) is 6.42 Å². The van der Waals surface area contributed by atoms with Gasteiger partial charge in [-0.2, -0.15) is 0 Å². The zero-order valence-corrected chi connectivity index (χ0v) is 10.7. The van der Waals surface area contributed by atoms with Gasteiger partial charge in [0.25, 0.3) is 0 Å². The summed E-state index contributed by atoms with van der Waals surface area (Å²) < 4.78 is 4.55. The van der Waals surface area contributed by atoms with Crippen molar-refractivity contribution in [2.45, 2.75) is 52.1 Å². The molecule has 1 atom stereocenters. The smallest absolute Gasteiger partial charge is 0.315 e. The summed E-state index contributed by atoms with van der Waals surface area (Å²) in [6.45, 7) is 7.60. The number of amides is 2. The van der Waals surface area contributed by atoms with Crippen LogP contribution >= 0.6 is 0 Å². The summed E-state index contributed by atoms with van der Waals surface area (Å²) in [5.74, 6) is -0.317. The minimum Gasteiger partial charge on any atom is -0.469 e. The van der Waals surface area contributed by atoms with Gasteiger partial charge < -0.3 is 15.4 Å². The quantitative estimate of drug-likeness (QED) is 0.718. The molecule has 0 fully saturated rings. The van der Waals surface area contributed by atoms with Gasteiger partial charge in [0.2, 0.25) is 0 Å². The molecule has 0 bridgehead atoms. The Morgan fingerprint density at radius 3 is 2.25 bits per heavy atom. The number of hydrogen-bond acceptors (Lipinski definition) is 3. The van der Waals surface area contributed by atoms with Crippen LogP contribution in [0.25, 0.3) is 0 Å². The maximum atomic E-state index is 11.5. The van der Waals surface area contributed by atoms with Gasteiger partial charge in [0.1, 0.15) is 0 Å². The summed E-state index contributed by atoms with van der Waals surface area (Å²) in [6, 6.07) is -0.446. The number of nitrogens with one attached hydrogen (secondary N) is 2. The summed E-state index contributed by atoms with van der Waals surface area (Å²) in [7, 11) is 1.34. The third-order valence-electron chi connectivity index (χ3n) is 1.96. The molecule has 2 N–H and O–H groups in total. The summed E-state index contributed by atoms with van der Waals surface area (Å²) >= 11 is 0. The Kier molecular flexibility index (Phi) is 5.85. The van der Waals surface area contributed by atoms with Gasteiger partial charge in [0.05, 0.1) is 13.5 Å². The van der Waals surface area contributed by atoms with Crippen LogP contribution in [0, 0.1) is 0 Å². The molecule has 0 radical (unpaired) electrons. The average molecular weight is 230 g/mol. The van der Waals surface area contributed by atoms with E-state index in [1.165, 1.54) is 7.11 Å². The van der Waals surface area contributed by atoms with Crippen molar-refractivity contribution in [2.24, 2.45) is 0 Å². The first kappa shape index (κ1) is 14.7. The summed E-state index contributed by atoms with van der Waals surface area (Å²) in [6.07, 6.45) is 0.886. The molecule has 0 aliphatic rings. The lowest BCUT2D eigenvalue weighted by molar-refractivity contribution is -0.141. The van der Waals surface area contributed by atoms with E-state index in [0.717, 1.165) is 0 Å². The third-order valence-corrected chi connectivity index (χ3v) is 1.96. The number of carbonyl (C=O) groups is 2. The lowest BCUT2D eigenvalue weighted by Gasteiger charge is -2.23. The molecule has 16 heavy (non-hydrogen) atoms. The van der Waals surface area contributed by atoms with Crippen molar-refractivity contribution in [1.29, 1.82) is 0 Å².